The Morgan fingerprint density at radius 2 is 0.964 bits per heavy atom. The second-order valence-electron chi connectivity index (χ2n) is 10.6. The molecule has 2 nitrogen and oxygen atoms in total. The standard InChI is InChI=1S/C26H38O2/c1-11-26(10,18-12-16(2)22(27)20(14-18)24(4,5)6)19-13-17(3)23(28)21(15-19)25(7,8)9/h12-15,27-28H,11H2,1-10H3. The van der Waals surface area contributed by atoms with Gasteiger partial charge >= 0.3 is 0 Å². The number of phenols is 2. The lowest BCUT2D eigenvalue weighted by molar-refractivity contribution is 0.438. The third kappa shape index (κ3) is 3.92. The molecule has 0 saturated heterocycles. The molecule has 0 aliphatic heterocycles. The topological polar surface area (TPSA) is 40.5 Å². The molecule has 0 bridgehead atoms. The van der Waals surface area contributed by atoms with E-state index in [4.69, 9.17) is 0 Å². The van der Waals surface area contributed by atoms with Gasteiger partial charge in [-0.1, -0.05) is 79.7 Å². The maximum absolute atomic E-state index is 10.7. The van der Waals surface area contributed by atoms with Crippen molar-refractivity contribution in [1.82, 2.24) is 0 Å². The lowest BCUT2D eigenvalue weighted by Gasteiger charge is -2.34. The molecule has 0 aliphatic rings. The minimum absolute atomic E-state index is 0.138. The highest BCUT2D eigenvalue weighted by atomic mass is 16.3. The molecule has 2 heteroatoms. The van der Waals surface area contributed by atoms with Gasteiger partial charge in [-0.2, -0.15) is 0 Å². The summed E-state index contributed by atoms with van der Waals surface area (Å²) in [6, 6.07) is 8.58. The summed E-state index contributed by atoms with van der Waals surface area (Å²) in [6.45, 7) is 21.2. The molecule has 0 fully saturated rings. The van der Waals surface area contributed by atoms with E-state index in [1.165, 1.54) is 11.1 Å². The van der Waals surface area contributed by atoms with Crippen LogP contribution in [0.3, 0.4) is 0 Å². The zero-order valence-electron chi connectivity index (χ0n) is 19.4. The molecule has 0 heterocycles. The van der Waals surface area contributed by atoms with Crippen LogP contribution >= 0.6 is 0 Å². The first-order valence-electron chi connectivity index (χ1n) is 10.3. The molecule has 0 atom stereocenters. The Kier molecular flexibility index (Phi) is 5.69. The predicted molar refractivity (Wildman–Crippen MR) is 120 cm³/mol. The number of aromatic hydroxyl groups is 2. The zero-order chi connectivity index (χ0) is 21.7. The van der Waals surface area contributed by atoms with E-state index in [0.717, 1.165) is 28.7 Å². The molecule has 0 aliphatic carbocycles. The van der Waals surface area contributed by atoms with Crippen LogP contribution < -0.4 is 0 Å². The van der Waals surface area contributed by atoms with Crippen LogP contribution in [-0.2, 0) is 16.2 Å². The molecule has 0 saturated carbocycles. The Morgan fingerprint density at radius 3 is 1.21 bits per heavy atom. The summed E-state index contributed by atoms with van der Waals surface area (Å²) in [7, 11) is 0. The second kappa shape index (κ2) is 7.13. The first-order valence-corrected chi connectivity index (χ1v) is 10.3. The van der Waals surface area contributed by atoms with Crippen LogP contribution in [0.25, 0.3) is 0 Å². The monoisotopic (exact) mass is 382 g/mol. The van der Waals surface area contributed by atoms with Gasteiger partial charge in [0.2, 0.25) is 0 Å². The van der Waals surface area contributed by atoms with E-state index in [2.05, 4.69) is 79.7 Å². The molecule has 0 radical (unpaired) electrons. The van der Waals surface area contributed by atoms with Crippen molar-refractivity contribution in [3.05, 3.63) is 57.6 Å². The van der Waals surface area contributed by atoms with Crippen LogP contribution in [0.2, 0.25) is 0 Å². The number of phenolic OH excluding ortho intramolecular Hbond substituents is 2. The van der Waals surface area contributed by atoms with Crippen molar-refractivity contribution in [3.8, 4) is 11.5 Å². The van der Waals surface area contributed by atoms with Gasteiger partial charge in [0.1, 0.15) is 11.5 Å². The molecule has 0 aromatic heterocycles. The van der Waals surface area contributed by atoms with Crippen LogP contribution in [0.5, 0.6) is 11.5 Å². The highest BCUT2D eigenvalue weighted by molar-refractivity contribution is 5.54. The zero-order valence-corrected chi connectivity index (χ0v) is 19.4. The van der Waals surface area contributed by atoms with Gasteiger partial charge in [0.05, 0.1) is 0 Å². The number of benzene rings is 2. The normalized spacial score (nSPS) is 13.1. The molecule has 2 aromatic carbocycles. The third-order valence-electron chi connectivity index (χ3n) is 6.20. The molecule has 154 valence electrons. The minimum atomic E-state index is -0.211. The molecule has 0 amide bonds. The van der Waals surface area contributed by atoms with Gasteiger partial charge in [-0.15, -0.1) is 0 Å². The second-order valence-corrected chi connectivity index (χ2v) is 10.6. The SMILES string of the molecule is CCC(C)(c1cc(C)c(O)c(C(C)(C)C)c1)c1cc(C)c(O)c(C(C)(C)C)c1. The Hall–Kier alpha value is -1.96. The molecule has 28 heavy (non-hydrogen) atoms. The Morgan fingerprint density at radius 1 is 0.643 bits per heavy atom. The van der Waals surface area contributed by atoms with E-state index in [1.807, 2.05) is 13.8 Å². The third-order valence-corrected chi connectivity index (χ3v) is 6.20. The smallest absolute Gasteiger partial charge is 0.122 e. The van der Waals surface area contributed by atoms with Crippen molar-refractivity contribution < 1.29 is 10.2 Å². The number of rotatable bonds is 3. The largest absolute Gasteiger partial charge is 0.507 e. The lowest BCUT2D eigenvalue weighted by atomic mass is 9.70. The van der Waals surface area contributed by atoms with Gasteiger partial charge in [0, 0.05) is 5.41 Å². The fourth-order valence-electron chi connectivity index (χ4n) is 3.91. The average Bonchev–Trinajstić information content (AvgIpc) is 2.56. The first-order chi connectivity index (χ1) is 12.6. The van der Waals surface area contributed by atoms with Gasteiger partial charge < -0.3 is 10.2 Å². The minimum Gasteiger partial charge on any atom is -0.507 e. The summed E-state index contributed by atoms with van der Waals surface area (Å²) in [5.74, 6) is 0.791. The van der Waals surface area contributed by atoms with Crippen LogP contribution in [-0.4, -0.2) is 10.2 Å². The summed E-state index contributed by atoms with van der Waals surface area (Å²) in [4.78, 5) is 0. The van der Waals surface area contributed by atoms with Gasteiger partial charge in [-0.05, 0) is 64.5 Å². The number of hydrogen-bond donors (Lipinski definition) is 2. The molecule has 2 rings (SSSR count). The van der Waals surface area contributed by atoms with E-state index in [1.54, 1.807) is 0 Å². The Balaban J connectivity index is 2.80. The van der Waals surface area contributed by atoms with E-state index in [9.17, 15) is 10.2 Å². The molecular weight excluding hydrogens is 344 g/mol. The Labute approximate surface area is 171 Å². The van der Waals surface area contributed by atoms with Gasteiger partial charge in [0.25, 0.3) is 0 Å². The number of aryl methyl sites for hydroxylation is 2. The maximum Gasteiger partial charge on any atom is 0.122 e. The average molecular weight is 383 g/mol. The molecule has 2 N–H and O–H groups in total. The summed E-state index contributed by atoms with van der Waals surface area (Å²) in [5, 5.41) is 21.3. The molecule has 0 spiro atoms. The van der Waals surface area contributed by atoms with Crippen LogP contribution in [0.15, 0.2) is 24.3 Å². The van der Waals surface area contributed by atoms with Gasteiger partial charge in [-0.25, -0.2) is 0 Å². The number of hydrogen-bond acceptors (Lipinski definition) is 2. The summed E-state index contributed by atoms with van der Waals surface area (Å²) < 4.78 is 0. The van der Waals surface area contributed by atoms with Crippen molar-refractivity contribution in [2.45, 2.75) is 91.9 Å². The molecular formula is C26H38O2. The lowest BCUT2D eigenvalue weighted by Crippen LogP contribution is -2.25. The molecule has 2 aromatic rings. The fourth-order valence-corrected chi connectivity index (χ4v) is 3.91. The van der Waals surface area contributed by atoms with Crippen molar-refractivity contribution in [3.63, 3.8) is 0 Å². The van der Waals surface area contributed by atoms with E-state index in [-0.39, 0.29) is 16.2 Å². The highest BCUT2D eigenvalue weighted by Crippen LogP contribution is 2.44. The van der Waals surface area contributed by atoms with E-state index < -0.39 is 0 Å². The van der Waals surface area contributed by atoms with Crippen molar-refractivity contribution in [2.24, 2.45) is 0 Å². The predicted octanol–water partition coefficient (Wildman–Crippen LogP) is 7.03. The van der Waals surface area contributed by atoms with Crippen molar-refractivity contribution >= 4 is 0 Å². The van der Waals surface area contributed by atoms with Gasteiger partial charge in [0.15, 0.2) is 0 Å². The molecule has 0 unspecified atom stereocenters. The van der Waals surface area contributed by atoms with E-state index >= 15 is 0 Å². The quantitative estimate of drug-likeness (QED) is 0.598. The first kappa shape index (κ1) is 22.3. The van der Waals surface area contributed by atoms with Crippen LogP contribution in [0.4, 0.5) is 0 Å². The fraction of sp³-hybridized carbons (Fsp3) is 0.538. The van der Waals surface area contributed by atoms with Crippen molar-refractivity contribution in [1.29, 1.82) is 0 Å². The van der Waals surface area contributed by atoms with Crippen molar-refractivity contribution in [2.75, 3.05) is 0 Å². The summed E-state index contributed by atoms with van der Waals surface area (Å²) in [6.07, 6.45) is 0.925. The van der Waals surface area contributed by atoms with E-state index in [0.29, 0.717) is 11.5 Å². The van der Waals surface area contributed by atoms with Crippen LogP contribution in [0, 0.1) is 13.8 Å². The highest BCUT2D eigenvalue weighted by Gasteiger charge is 2.32. The summed E-state index contributed by atoms with van der Waals surface area (Å²) in [5.41, 5.74) is 5.71. The summed E-state index contributed by atoms with van der Waals surface area (Å²) >= 11 is 0. The van der Waals surface area contributed by atoms with Gasteiger partial charge in [-0.3, -0.25) is 0 Å². The Bertz CT molecular complexity index is 807. The van der Waals surface area contributed by atoms with Crippen LogP contribution in [0.1, 0.15) is 95.2 Å². The maximum atomic E-state index is 10.7.